The summed E-state index contributed by atoms with van der Waals surface area (Å²) >= 11 is 0. The second kappa shape index (κ2) is 11.1. The normalized spacial score (nSPS) is 12.3. The van der Waals surface area contributed by atoms with Crippen LogP contribution >= 0.6 is 0 Å². The van der Waals surface area contributed by atoms with Crippen molar-refractivity contribution in [2.75, 3.05) is 5.01 Å². The van der Waals surface area contributed by atoms with E-state index in [0.717, 1.165) is 41.2 Å². The monoisotopic (exact) mass is 420 g/mol. The van der Waals surface area contributed by atoms with Gasteiger partial charge in [-0.15, -0.1) is 0 Å². The minimum Gasteiger partial charge on any atom is -0.298 e. The number of nitrogens with zero attached hydrogens (tertiary/aromatic N) is 3. The number of hydrogen-bond acceptors (Lipinski definition) is 4. The summed E-state index contributed by atoms with van der Waals surface area (Å²) in [6.07, 6.45) is 7.66. The van der Waals surface area contributed by atoms with E-state index in [1.807, 2.05) is 24.4 Å². The fourth-order valence-corrected chi connectivity index (χ4v) is 3.80. The highest BCUT2D eigenvalue weighted by Gasteiger charge is 2.23. The Hall–Kier alpha value is -2.62. The Labute approximate surface area is 189 Å². The molecule has 0 spiro atoms. The van der Waals surface area contributed by atoms with Crippen LogP contribution in [0.1, 0.15) is 83.5 Å². The second-order valence-corrected chi connectivity index (χ2v) is 9.30. The predicted molar refractivity (Wildman–Crippen MR) is 136 cm³/mol. The van der Waals surface area contributed by atoms with E-state index in [1.165, 1.54) is 24.8 Å². The Kier molecular flexibility index (Phi) is 8.85. The van der Waals surface area contributed by atoms with Gasteiger partial charge in [-0.2, -0.15) is 0 Å². The van der Waals surface area contributed by atoms with Gasteiger partial charge in [-0.3, -0.25) is 20.4 Å². The van der Waals surface area contributed by atoms with E-state index >= 15 is 0 Å². The molecule has 4 nitrogen and oxygen atoms in total. The second-order valence-electron chi connectivity index (χ2n) is 9.30. The predicted octanol–water partition coefficient (Wildman–Crippen LogP) is 7.36. The zero-order valence-electron chi connectivity index (χ0n) is 20.3. The Morgan fingerprint density at radius 1 is 1.19 bits per heavy atom. The summed E-state index contributed by atoms with van der Waals surface area (Å²) in [5.74, 6) is 0. The highest BCUT2D eigenvalue weighted by atomic mass is 15.5. The van der Waals surface area contributed by atoms with E-state index in [4.69, 9.17) is 0 Å². The molecular weight excluding hydrogens is 380 g/mol. The Balaban J connectivity index is 2.44. The molecule has 168 valence electrons. The van der Waals surface area contributed by atoms with Crippen molar-refractivity contribution in [2.45, 2.75) is 85.1 Å². The molecular formula is C27H40N4. The van der Waals surface area contributed by atoms with Gasteiger partial charge in [0.1, 0.15) is 0 Å². The number of aromatic nitrogens is 1. The van der Waals surface area contributed by atoms with Gasteiger partial charge in [-0.05, 0) is 50.2 Å². The molecule has 1 aromatic heterocycles. The number of unbranched alkanes of at least 4 members (excludes halogenated alkanes) is 2. The molecule has 1 aromatic carbocycles. The number of hydrogen-bond donors (Lipinski definition) is 1. The van der Waals surface area contributed by atoms with E-state index in [0.29, 0.717) is 6.04 Å². The van der Waals surface area contributed by atoms with Gasteiger partial charge >= 0.3 is 0 Å². The third-order valence-corrected chi connectivity index (χ3v) is 5.74. The van der Waals surface area contributed by atoms with Crippen molar-refractivity contribution in [3.05, 3.63) is 59.9 Å². The van der Waals surface area contributed by atoms with Crippen LogP contribution in [0.25, 0.3) is 5.70 Å². The smallest absolute Gasteiger partial charge is 0.0877 e. The Morgan fingerprint density at radius 2 is 1.94 bits per heavy atom. The van der Waals surface area contributed by atoms with Crippen LogP contribution in [0.2, 0.25) is 0 Å². The Morgan fingerprint density at radius 3 is 2.55 bits per heavy atom. The summed E-state index contributed by atoms with van der Waals surface area (Å²) in [6.45, 7) is 21.4. The SMILES string of the molecule is C=Nc1cccc(C)c1N(NC(=C)c1ccnc(C(C)(C)C)c1)C(CC)CCCCC. The third kappa shape index (κ3) is 6.43. The molecule has 0 aliphatic heterocycles. The number of hydrazine groups is 1. The van der Waals surface area contributed by atoms with Gasteiger partial charge in [0, 0.05) is 22.9 Å². The molecule has 1 unspecified atom stereocenters. The largest absolute Gasteiger partial charge is 0.298 e. The molecule has 4 heteroatoms. The molecule has 0 bridgehead atoms. The summed E-state index contributed by atoms with van der Waals surface area (Å²) in [4.78, 5) is 8.89. The first kappa shape index (κ1) is 24.6. The molecule has 0 fully saturated rings. The molecule has 0 radical (unpaired) electrons. The van der Waals surface area contributed by atoms with Crippen LogP contribution in [0.15, 0.2) is 48.1 Å². The van der Waals surface area contributed by atoms with Gasteiger partial charge in [0.05, 0.1) is 23.1 Å². The van der Waals surface area contributed by atoms with Gasteiger partial charge in [-0.1, -0.05) is 72.6 Å². The van der Waals surface area contributed by atoms with Crippen molar-refractivity contribution in [3.8, 4) is 0 Å². The minimum absolute atomic E-state index is 0.0158. The molecule has 2 rings (SSSR count). The van der Waals surface area contributed by atoms with Gasteiger partial charge in [0.2, 0.25) is 0 Å². The summed E-state index contributed by atoms with van der Waals surface area (Å²) in [7, 11) is 0. The van der Waals surface area contributed by atoms with Crippen LogP contribution in [0, 0.1) is 6.92 Å². The number of para-hydroxylation sites is 1. The van der Waals surface area contributed by atoms with E-state index in [9.17, 15) is 0 Å². The van der Waals surface area contributed by atoms with Crippen LogP contribution in [0.4, 0.5) is 11.4 Å². The topological polar surface area (TPSA) is 40.5 Å². The third-order valence-electron chi connectivity index (χ3n) is 5.74. The van der Waals surface area contributed by atoms with Gasteiger partial charge < -0.3 is 0 Å². The van der Waals surface area contributed by atoms with E-state index < -0.39 is 0 Å². The summed E-state index contributed by atoms with van der Waals surface area (Å²) in [5.41, 5.74) is 9.73. The van der Waals surface area contributed by atoms with Crippen LogP contribution < -0.4 is 10.4 Å². The highest BCUT2D eigenvalue weighted by Crippen LogP contribution is 2.34. The molecule has 2 aromatic rings. The van der Waals surface area contributed by atoms with Gasteiger partial charge in [0.25, 0.3) is 0 Å². The standard InChI is InChI=1S/C27H40N4/c1-9-11-12-15-23(10-2)31(26-20(3)14-13-16-24(26)28-8)30-21(4)22-17-18-29-25(19-22)27(5,6)7/h13-14,16-19,23,30H,4,8-12,15H2,1-3,5-7H3. The van der Waals surface area contributed by atoms with Crippen molar-refractivity contribution < 1.29 is 0 Å². The van der Waals surface area contributed by atoms with Crippen LogP contribution in [0.3, 0.4) is 0 Å². The molecule has 0 aliphatic carbocycles. The lowest BCUT2D eigenvalue weighted by atomic mass is 9.90. The fourth-order valence-electron chi connectivity index (χ4n) is 3.80. The number of anilines is 1. The summed E-state index contributed by atoms with van der Waals surface area (Å²) < 4.78 is 0. The lowest BCUT2D eigenvalue weighted by Crippen LogP contribution is -2.45. The van der Waals surface area contributed by atoms with Crippen molar-refractivity contribution in [1.82, 2.24) is 10.4 Å². The molecule has 0 saturated heterocycles. The first-order valence-electron chi connectivity index (χ1n) is 11.5. The van der Waals surface area contributed by atoms with E-state index in [-0.39, 0.29) is 5.41 Å². The summed E-state index contributed by atoms with van der Waals surface area (Å²) in [6, 6.07) is 10.7. The van der Waals surface area contributed by atoms with Crippen molar-refractivity contribution in [1.29, 1.82) is 0 Å². The quantitative estimate of drug-likeness (QED) is 0.234. The number of aryl methyl sites for hydroxylation is 1. The molecule has 1 N–H and O–H groups in total. The van der Waals surface area contributed by atoms with E-state index in [2.05, 4.69) is 87.4 Å². The number of pyridine rings is 1. The molecule has 1 atom stereocenters. The van der Waals surface area contributed by atoms with Crippen LogP contribution in [-0.2, 0) is 5.41 Å². The number of nitrogens with one attached hydrogen (secondary N) is 1. The molecule has 0 amide bonds. The van der Waals surface area contributed by atoms with Crippen molar-refractivity contribution >= 4 is 23.8 Å². The highest BCUT2D eigenvalue weighted by molar-refractivity contribution is 5.75. The minimum atomic E-state index is -0.0158. The van der Waals surface area contributed by atoms with Gasteiger partial charge in [-0.25, -0.2) is 0 Å². The first-order valence-corrected chi connectivity index (χ1v) is 11.5. The van der Waals surface area contributed by atoms with E-state index in [1.54, 1.807) is 0 Å². The fraction of sp³-hybridized carbons (Fsp3) is 0.481. The zero-order valence-corrected chi connectivity index (χ0v) is 20.3. The Bertz CT molecular complexity index is 879. The molecule has 1 heterocycles. The lowest BCUT2D eigenvalue weighted by molar-refractivity contribution is 0.486. The number of aliphatic imine (C=N–C) groups is 1. The average molecular weight is 421 g/mol. The maximum atomic E-state index is 4.57. The first-order chi connectivity index (χ1) is 14.7. The maximum absolute atomic E-state index is 4.57. The number of rotatable bonds is 11. The maximum Gasteiger partial charge on any atom is 0.0877 e. The average Bonchev–Trinajstić information content (AvgIpc) is 2.75. The molecule has 0 aliphatic rings. The summed E-state index contributed by atoms with van der Waals surface area (Å²) in [5, 5.41) is 2.27. The van der Waals surface area contributed by atoms with Crippen LogP contribution in [0.5, 0.6) is 0 Å². The van der Waals surface area contributed by atoms with Crippen LogP contribution in [-0.4, -0.2) is 17.7 Å². The molecule has 31 heavy (non-hydrogen) atoms. The van der Waals surface area contributed by atoms with Crippen molar-refractivity contribution in [3.63, 3.8) is 0 Å². The van der Waals surface area contributed by atoms with Crippen molar-refractivity contribution in [2.24, 2.45) is 4.99 Å². The molecule has 0 saturated carbocycles. The van der Waals surface area contributed by atoms with Gasteiger partial charge in [0.15, 0.2) is 0 Å². The number of benzene rings is 1. The zero-order chi connectivity index (χ0) is 23.0. The lowest BCUT2D eigenvalue weighted by Gasteiger charge is -2.36.